The second-order valence-electron chi connectivity index (χ2n) is 7.05. The third-order valence-electron chi connectivity index (χ3n) is 5.12. The molecule has 29 heavy (non-hydrogen) atoms. The van der Waals surface area contributed by atoms with Crippen molar-refractivity contribution in [2.24, 2.45) is 0 Å². The van der Waals surface area contributed by atoms with Crippen LogP contribution in [0.2, 0.25) is 5.15 Å². The molecule has 2 aromatic rings. The summed E-state index contributed by atoms with van der Waals surface area (Å²) >= 11 is 7.51. The van der Waals surface area contributed by atoms with Gasteiger partial charge in [0.15, 0.2) is 5.82 Å². The van der Waals surface area contributed by atoms with Crippen LogP contribution in [-0.2, 0) is 6.54 Å². The average molecular weight is 449 g/mol. The first kappa shape index (κ1) is 21.7. The fourth-order valence-corrected chi connectivity index (χ4v) is 6.88. The van der Waals surface area contributed by atoms with E-state index in [1.165, 1.54) is 16.3 Å². The molecular formula is C20H25ClN4O2SSi. The predicted octanol–water partition coefficient (Wildman–Crippen LogP) is 2.39. The predicted molar refractivity (Wildman–Crippen MR) is 123 cm³/mol. The Balaban J connectivity index is 1.64. The van der Waals surface area contributed by atoms with E-state index in [-0.39, 0.29) is 10.6 Å². The van der Waals surface area contributed by atoms with Gasteiger partial charge in [0.25, 0.3) is 5.70 Å². The minimum atomic E-state index is -0.452. The van der Waals surface area contributed by atoms with Crippen molar-refractivity contribution < 1.29 is 4.92 Å². The lowest BCUT2D eigenvalue weighted by Crippen LogP contribution is -2.25. The molecule has 0 unspecified atom stereocenters. The molecule has 1 aliphatic heterocycles. The Hall–Kier alpha value is -2.03. The molecule has 1 aromatic carbocycles. The summed E-state index contributed by atoms with van der Waals surface area (Å²) in [6.07, 6.45) is 1.72. The molecule has 0 saturated carbocycles. The molecule has 1 N–H and O–H groups in total. The SMILES string of the molecule is Cc1cccc([SiH2]CSC/C(=C2\NCCN2Cc2ccc(Cl)nc2)[N+](=O)[O-])c1C. The summed E-state index contributed by atoms with van der Waals surface area (Å²) in [4.78, 5) is 17.6. The Morgan fingerprint density at radius 1 is 1.38 bits per heavy atom. The third kappa shape index (κ3) is 5.74. The molecule has 6 nitrogen and oxygen atoms in total. The van der Waals surface area contributed by atoms with Crippen LogP contribution in [0.5, 0.6) is 0 Å². The number of hydrogen-bond acceptors (Lipinski definition) is 6. The van der Waals surface area contributed by atoms with E-state index in [0.29, 0.717) is 29.8 Å². The lowest BCUT2D eigenvalue weighted by atomic mass is 10.1. The second kappa shape index (κ2) is 10.1. The summed E-state index contributed by atoms with van der Waals surface area (Å²) in [6.45, 7) is 6.31. The highest BCUT2D eigenvalue weighted by molar-refractivity contribution is 8.00. The highest BCUT2D eigenvalue weighted by Crippen LogP contribution is 2.20. The summed E-state index contributed by atoms with van der Waals surface area (Å²) in [5, 5.41) is 17.8. The summed E-state index contributed by atoms with van der Waals surface area (Å²) in [5.41, 5.74) is 3.92. The van der Waals surface area contributed by atoms with Gasteiger partial charge < -0.3 is 10.2 Å². The zero-order chi connectivity index (χ0) is 20.8. The molecule has 3 rings (SSSR count). The van der Waals surface area contributed by atoms with Crippen LogP contribution < -0.4 is 10.5 Å². The molecule has 0 amide bonds. The summed E-state index contributed by atoms with van der Waals surface area (Å²) < 4.78 is 0. The van der Waals surface area contributed by atoms with E-state index in [2.05, 4.69) is 42.3 Å². The van der Waals surface area contributed by atoms with Crippen LogP contribution in [0.15, 0.2) is 48.0 Å². The van der Waals surface area contributed by atoms with E-state index in [9.17, 15) is 10.1 Å². The van der Waals surface area contributed by atoms with Gasteiger partial charge in [-0.25, -0.2) is 4.98 Å². The minimum Gasteiger partial charge on any atom is -0.365 e. The van der Waals surface area contributed by atoms with Gasteiger partial charge >= 0.3 is 0 Å². The maximum Gasteiger partial charge on any atom is 0.295 e. The molecule has 1 fully saturated rings. The Morgan fingerprint density at radius 2 is 2.21 bits per heavy atom. The van der Waals surface area contributed by atoms with Gasteiger partial charge in [-0.3, -0.25) is 10.1 Å². The van der Waals surface area contributed by atoms with Gasteiger partial charge in [0.2, 0.25) is 0 Å². The van der Waals surface area contributed by atoms with Crippen molar-refractivity contribution >= 4 is 38.1 Å². The first-order valence-corrected chi connectivity index (χ1v) is 12.8. The maximum atomic E-state index is 11.7. The molecule has 0 spiro atoms. The van der Waals surface area contributed by atoms with Crippen molar-refractivity contribution in [2.45, 2.75) is 20.4 Å². The van der Waals surface area contributed by atoms with Gasteiger partial charge in [-0.05, 0) is 42.0 Å². The molecule has 1 aromatic heterocycles. The fraction of sp³-hybridized carbons (Fsp3) is 0.350. The molecule has 0 radical (unpaired) electrons. The van der Waals surface area contributed by atoms with E-state index < -0.39 is 9.52 Å². The van der Waals surface area contributed by atoms with Crippen molar-refractivity contribution in [3.05, 3.63) is 80.0 Å². The molecule has 1 saturated heterocycles. The van der Waals surface area contributed by atoms with E-state index in [1.807, 2.05) is 11.0 Å². The number of pyridine rings is 1. The molecule has 2 heterocycles. The number of nitro groups is 1. The maximum absolute atomic E-state index is 11.7. The highest BCUT2D eigenvalue weighted by atomic mass is 35.5. The monoisotopic (exact) mass is 448 g/mol. The number of thioether (sulfide) groups is 1. The zero-order valence-corrected chi connectivity index (χ0v) is 19.6. The Labute approximate surface area is 182 Å². The largest absolute Gasteiger partial charge is 0.365 e. The molecule has 0 bridgehead atoms. The molecule has 1 aliphatic rings. The van der Waals surface area contributed by atoms with Crippen LogP contribution in [0.3, 0.4) is 0 Å². The number of aromatic nitrogens is 1. The first-order chi connectivity index (χ1) is 14.0. The van der Waals surface area contributed by atoms with Crippen LogP contribution in [0.4, 0.5) is 0 Å². The van der Waals surface area contributed by atoms with Crippen molar-refractivity contribution in [1.82, 2.24) is 15.2 Å². The number of nitrogens with zero attached hydrogens (tertiary/aromatic N) is 3. The van der Waals surface area contributed by atoms with Gasteiger partial charge in [-0.15, -0.1) is 0 Å². The van der Waals surface area contributed by atoms with Crippen LogP contribution in [0.25, 0.3) is 0 Å². The Kier molecular flexibility index (Phi) is 7.57. The zero-order valence-electron chi connectivity index (χ0n) is 16.7. The first-order valence-electron chi connectivity index (χ1n) is 9.55. The number of aryl methyl sites for hydroxylation is 1. The van der Waals surface area contributed by atoms with Crippen molar-refractivity contribution in [1.29, 1.82) is 0 Å². The smallest absolute Gasteiger partial charge is 0.295 e. The topological polar surface area (TPSA) is 71.3 Å². The van der Waals surface area contributed by atoms with Crippen LogP contribution in [0, 0.1) is 24.0 Å². The van der Waals surface area contributed by atoms with Gasteiger partial charge in [0.05, 0.1) is 20.2 Å². The second-order valence-corrected chi connectivity index (χ2v) is 11.0. The van der Waals surface area contributed by atoms with E-state index in [1.54, 1.807) is 24.0 Å². The summed E-state index contributed by atoms with van der Waals surface area (Å²) in [5.74, 6) is 1.04. The van der Waals surface area contributed by atoms with Crippen LogP contribution in [0.1, 0.15) is 16.7 Å². The number of nitrogens with one attached hydrogen (secondary N) is 1. The van der Waals surface area contributed by atoms with Gasteiger partial charge in [0.1, 0.15) is 5.15 Å². The van der Waals surface area contributed by atoms with E-state index >= 15 is 0 Å². The normalized spacial score (nSPS) is 15.8. The quantitative estimate of drug-likeness (QED) is 0.220. The van der Waals surface area contributed by atoms with E-state index in [0.717, 1.165) is 17.5 Å². The standard InChI is InChI=1S/C20H25ClN4O2SSi/c1-14-4-3-5-18(15(14)2)29-13-28-12-17(25(26)27)20-22-8-9-24(20)11-16-6-7-19(21)23-10-16/h3-7,10,22H,8-9,11-13,29H2,1-2H3/b20-17-. The van der Waals surface area contributed by atoms with Crippen LogP contribution >= 0.6 is 23.4 Å². The lowest BCUT2D eigenvalue weighted by Gasteiger charge is -2.19. The molecule has 0 atom stereocenters. The molecule has 9 heteroatoms. The molecule has 154 valence electrons. The third-order valence-corrected chi connectivity index (χ3v) is 9.09. The van der Waals surface area contributed by atoms with Gasteiger partial charge in [-0.1, -0.05) is 41.1 Å². The number of hydrogen-bond donors (Lipinski definition) is 1. The number of rotatable bonds is 8. The van der Waals surface area contributed by atoms with Crippen molar-refractivity contribution in [2.75, 3.05) is 24.2 Å². The molecular weight excluding hydrogens is 424 g/mol. The van der Waals surface area contributed by atoms with Crippen molar-refractivity contribution in [3.63, 3.8) is 0 Å². The Morgan fingerprint density at radius 3 is 2.93 bits per heavy atom. The number of halogens is 1. The van der Waals surface area contributed by atoms with Gasteiger partial charge in [0, 0.05) is 25.8 Å². The number of benzene rings is 1. The minimum absolute atomic E-state index is 0.243. The van der Waals surface area contributed by atoms with E-state index in [4.69, 9.17) is 11.6 Å². The van der Waals surface area contributed by atoms with Gasteiger partial charge in [-0.2, -0.15) is 11.8 Å². The summed E-state index contributed by atoms with van der Waals surface area (Å²) in [6, 6.07) is 10.1. The Bertz CT molecular complexity index is 908. The average Bonchev–Trinajstić information content (AvgIpc) is 3.14. The molecule has 0 aliphatic carbocycles. The van der Waals surface area contributed by atoms with Crippen molar-refractivity contribution in [3.8, 4) is 0 Å². The highest BCUT2D eigenvalue weighted by Gasteiger charge is 2.27. The lowest BCUT2D eigenvalue weighted by molar-refractivity contribution is -0.425. The summed E-state index contributed by atoms with van der Waals surface area (Å²) in [7, 11) is -0.452. The van der Waals surface area contributed by atoms with Crippen LogP contribution in [-0.4, -0.2) is 48.5 Å². The fourth-order valence-electron chi connectivity index (χ4n) is 3.34.